The van der Waals surface area contributed by atoms with E-state index in [1.54, 1.807) is 13.8 Å². The van der Waals surface area contributed by atoms with Gasteiger partial charge in [0, 0.05) is 38.4 Å². The van der Waals surface area contributed by atoms with E-state index < -0.39 is 57.3 Å². The largest absolute Gasteiger partial charge is 0.471 e. The maximum absolute atomic E-state index is 14.1. The number of amides is 2. The van der Waals surface area contributed by atoms with E-state index in [4.69, 9.17) is 4.74 Å². The minimum Gasteiger partial charge on any atom is -0.381 e. The Balaban J connectivity index is 1.64. The fraction of sp³-hybridized carbons (Fsp3) is 0.704. The number of ether oxygens (including phenoxy) is 1. The minimum atomic E-state index is -5.09. The number of carbonyl (C=O) groups is 2. The molecular formula is C27H35F6N3O5S. The van der Waals surface area contributed by atoms with Gasteiger partial charge in [0.15, 0.2) is 0 Å². The molecule has 0 bridgehead atoms. The van der Waals surface area contributed by atoms with Crippen LogP contribution in [0.5, 0.6) is 0 Å². The molecule has 2 amide bonds. The van der Waals surface area contributed by atoms with Gasteiger partial charge in [-0.25, -0.2) is 8.42 Å². The van der Waals surface area contributed by atoms with Crippen molar-refractivity contribution in [2.75, 3.05) is 30.7 Å². The summed E-state index contributed by atoms with van der Waals surface area (Å²) in [6, 6.07) is 0.112. The van der Waals surface area contributed by atoms with Crippen LogP contribution in [-0.2, 0) is 43.5 Å². The highest BCUT2D eigenvalue weighted by Crippen LogP contribution is 2.49. The molecule has 4 rings (SSSR count). The summed E-state index contributed by atoms with van der Waals surface area (Å²) >= 11 is 0. The number of hydrogen-bond donors (Lipinski definition) is 1. The van der Waals surface area contributed by atoms with Crippen molar-refractivity contribution in [2.24, 2.45) is 11.3 Å². The van der Waals surface area contributed by atoms with E-state index in [0.29, 0.717) is 5.56 Å². The molecule has 0 radical (unpaired) electrons. The maximum atomic E-state index is 14.1. The summed E-state index contributed by atoms with van der Waals surface area (Å²) in [5, 5.41) is 0. The second kappa shape index (κ2) is 11.5. The normalized spacial score (nSPS) is 24.0. The Hall–Kier alpha value is -2.55. The molecule has 1 N–H and O–H groups in total. The summed E-state index contributed by atoms with van der Waals surface area (Å²) in [5.41, 5.74) is -1.92. The first-order chi connectivity index (χ1) is 19.3. The summed E-state index contributed by atoms with van der Waals surface area (Å²) < 4.78 is 113. The molecule has 1 aromatic rings. The van der Waals surface area contributed by atoms with Crippen LogP contribution in [0.4, 0.5) is 32.0 Å². The first-order valence-corrected chi connectivity index (χ1v) is 15.7. The van der Waals surface area contributed by atoms with E-state index in [0.717, 1.165) is 23.3 Å². The number of sulfonamides is 1. The van der Waals surface area contributed by atoms with Gasteiger partial charge in [-0.3, -0.25) is 14.3 Å². The predicted molar refractivity (Wildman–Crippen MR) is 141 cm³/mol. The third-order valence-corrected chi connectivity index (χ3v) is 9.35. The van der Waals surface area contributed by atoms with Gasteiger partial charge in [-0.15, -0.1) is 0 Å². The van der Waals surface area contributed by atoms with E-state index in [9.17, 15) is 44.3 Å². The third kappa shape index (κ3) is 6.66. The number of rotatable bonds is 6. The highest BCUT2D eigenvalue weighted by Gasteiger charge is 2.55. The van der Waals surface area contributed by atoms with Crippen molar-refractivity contribution in [3.8, 4) is 0 Å². The van der Waals surface area contributed by atoms with E-state index in [1.165, 1.54) is 4.90 Å². The van der Waals surface area contributed by atoms with Crippen molar-refractivity contribution in [3.05, 3.63) is 28.8 Å². The SMILES string of the molecule is CC(C)[C@]1(C(=O)N2CCc3c(cc(C(F)(F)F)cc3NS(C)(=O)=O)C2)CC[C@@H](N(C(=O)C(F)(F)F)C2CCOCC2)C1. The zero-order chi connectivity index (χ0) is 31.3. The Bertz CT molecular complexity index is 1310. The molecule has 15 heteroatoms. The molecule has 8 nitrogen and oxygen atoms in total. The van der Waals surface area contributed by atoms with Crippen LogP contribution in [0, 0.1) is 11.3 Å². The van der Waals surface area contributed by atoms with Gasteiger partial charge >= 0.3 is 18.3 Å². The number of halogens is 6. The summed E-state index contributed by atoms with van der Waals surface area (Å²) in [6.45, 7) is 3.85. The second-order valence-electron chi connectivity index (χ2n) is 11.8. The standard InChI is InChI=1S/C27H35F6N3O5S/c1-16(2)25(8-4-20(14-25)36(24(38)27(31,32)33)19-6-10-41-11-7-19)23(37)35-9-5-21-17(15-35)12-18(26(28,29)30)13-22(21)34-42(3,39)40/h12-13,16,19-20,34H,4-11,14-15H2,1-3H3/t20-,25+/m1/s1. The molecular weight excluding hydrogens is 592 g/mol. The second-order valence-corrected chi connectivity index (χ2v) is 13.5. The summed E-state index contributed by atoms with van der Waals surface area (Å²) in [4.78, 5) is 29.0. The van der Waals surface area contributed by atoms with Gasteiger partial charge in [0.1, 0.15) is 0 Å². The lowest BCUT2D eigenvalue weighted by molar-refractivity contribution is -0.192. The minimum absolute atomic E-state index is 0.00446. The van der Waals surface area contributed by atoms with Crippen LogP contribution in [-0.4, -0.2) is 74.3 Å². The fourth-order valence-electron chi connectivity index (χ4n) is 6.63. The molecule has 0 aromatic heterocycles. The number of alkyl halides is 6. The number of anilines is 1. The summed E-state index contributed by atoms with van der Waals surface area (Å²) in [5.74, 6) is -2.67. The van der Waals surface area contributed by atoms with Gasteiger partial charge < -0.3 is 14.5 Å². The first kappa shape index (κ1) is 32.4. The quantitative estimate of drug-likeness (QED) is 0.461. The lowest BCUT2D eigenvalue weighted by atomic mass is 9.73. The van der Waals surface area contributed by atoms with Crippen LogP contribution in [0.3, 0.4) is 0 Å². The lowest BCUT2D eigenvalue weighted by Crippen LogP contribution is -2.54. The Morgan fingerprint density at radius 1 is 1.07 bits per heavy atom. The van der Waals surface area contributed by atoms with Crippen molar-refractivity contribution >= 4 is 27.5 Å². The third-order valence-electron chi connectivity index (χ3n) is 8.75. The molecule has 0 unspecified atom stereocenters. The van der Waals surface area contributed by atoms with Crippen molar-refractivity contribution in [3.63, 3.8) is 0 Å². The van der Waals surface area contributed by atoms with Gasteiger partial charge in [0.05, 0.1) is 22.9 Å². The highest BCUT2D eigenvalue weighted by molar-refractivity contribution is 7.92. The number of hydrogen-bond acceptors (Lipinski definition) is 5. The van der Waals surface area contributed by atoms with Gasteiger partial charge in [0.25, 0.3) is 0 Å². The monoisotopic (exact) mass is 627 g/mol. The van der Waals surface area contributed by atoms with Crippen LogP contribution in [0.15, 0.2) is 12.1 Å². The average Bonchev–Trinajstić information content (AvgIpc) is 3.33. The molecule has 236 valence electrons. The van der Waals surface area contributed by atoms with Crippen molar-refractivity contribution in [2.45, 2.75) is 83.4 Å². The van der Waals surface area contributed by atoms with Crippen molar-refractivity contribution in [1.82, 2.24) is 9.80 Å². The van der Waals surface area contributed by atoms with Gasteiger partial charge in [-0.2, -0.15) is 26.3 Å². The molecule has 2 fully saturated rings. The number of benzene rings is 1. The molecule has 0 spiro atoms. The molecule has 1 aliphatic carbocycles. The van der Waals surface area contributed by atoms with Crippen LogP contribution in [0.2, 0.25) is 0 Å². The van der Waals surface area contributed by atoms with E-state index in [1.807, 2.05) is 0 Å². The topological polar surface area (TPSA) is 96.0 Å². The Kier molecular flexibility index (Phi) is 8.87. The first-order valence-electron chi connectivity index (χ1n) is 13.8. The molecule has 1 saturated carbocycles. The predicted octanol–water partition coefficient (Wildman–Crippen LogP) is 4.73. The zero-order valence-electron chi connectivity index (χ0n) is 23.6. The summed E-state index contributed by atoms with van der Waals surface area (Å²) in [7, 11) is -3.90. The van der Waals surface area contributed by atoms with E-state index >= 15 is 0 Å². The number of nitrogens with zero attached hydrogens (tertiary/aromatic N) is 2. The smallest absolute Gasteiger partial charge is 0.381 e. The molecule has 1 aromatic carbocycles. The lowest BCUT2D eigenvalue weighted by Gasteiger charge is -2.42. The molecule has 2 aliphatic heterocycles. The van der Waals surface area contributed by atoms with Gasteiger partial charge in [-0.1, -0.05) is 13.8 Å². The molecule has 2 atom stereocenters. The van der Waals surface area contributed by atoms with E-state index in [2.05, 4.69) is 4.72 Å². The maximum Gasteiger partial charge on any atom is 0.471 e. The molecule has 3 aliphatic rings. The van der Waals surface area contributed by atoms with Crippen LogP contribution >= 0.6 is 0 Å². The van der Waals surface area contributed by atoms with E-state index in [-0.39, 0.29) is 82.0 Å². The Labute approximate surface area is 240 Å². The summed E-state index contributed by atoms with van der Waals surface area (Å²) in [6.07, 6.45) is -8.08. The Morgan fingerprint density at radius 2 is 1.71 bits per heavy atom. The molecule has 42 heavy (non-hydrogen) atoms. The van der Waals surface area contributed by atoms with Gasteiger partial charge in [0.2, 0.25) is 15.9 Å². The number of fused-ring (bicyclic) bond motifs is 1. The van der Waals surface area contributed by atoms with Crippen LogP contribution in [0.1, 0.15) is 62.6 Å². The highest BCUT2D eigenvalue weighted by atomic mass is 32.2. The molecule has 1 saturated heterocycles. The molecule has 2 heterocycles. The fourth-order valence-corrected chi connectivity index (χ4v) is 7.22. The number of nitrogens with one attached hydrogen (secondary N) is 1. The van der Waals surface area contributed by atoms with Crippen molar-refractivity contribution in [1.29, 1.82) is 0 Å². The van der Waals surface area contributed by atoms with Crippen LogP contribution in [0.25, 0.3) is 0 Å². The Morgan fingerprint density at radius 3 is 2.26 bits per heavy atom. The average molecular weight is 628 g/mol. The number of carbonyl (C=O) groups excluding carboxylic acids is 2. The van der Waals surface area contributed by atoms with Crippen LogP contribution < -0.4 is 4.72 Å². The zero-order valence-corrected chi connectivity index (χ0v) is 24.4. The van der Waals surface area contributed by atoms with Crippen molar-refractivity contribution < 1.29 is 49.1 Å². The van der Waals surface area contributed by atoms with Gasteiger partial charge in [-0.05, 0) is 67.7 Å².